The number of ketones is 1. The Labute approximate surface area is 181 Å². The first-order valence-corrected chi connectivity index (χ1v) is 9.74. The van der Waals surface area contributed by atoms with E-state index in [0.717, 1.165) is 5.56 Å². The lowest BCUT2D eigenvalue weighted by atomic mass is 9.95. The highest BCUT2D eigenvalue weighted by Crippen LogP contribution is 2.40. The predicted molar refractivity (Wildman–Crippen MR) is 116 cm³/mol. The maximum absolute atomic E-state index is 13.1. The van der Waals surface area contributed by atoms with Gasteiger partial charge in [-0.05, 0) is 29.3 Å². The molecular formula is C24H25NO6. The Kier molecular flexibility index (Phi) is 7.10. The molecule has 0 fully saturated rings. The van der Waals surface area contributed by atoms with E-state index in [9.17, 15) is 14.7 Å². The second-order valence-electron chi connectivity index (χ2n) is 6.88. The molecule has 2 aromatic rings. The molecule has 0 spiro atoms. The fourth-order valence-electron chi connectivity index (χ4n) is 3.52. The molecule has 1 amide bonds. The number of allylic oxidation sites excluding steroid dienone is 1. The van der Waals surface area contributed by atoms with Crippen LogP contribution in [0.25, 0.3) is 6.08 Å². The zero-order valence-corrected chi connectivity index (χ0v) is 17.7. The summed E-state index contributed by atoms with van der Waals surface area (Å²) in [5.41, 5.74) is 1.46. The molecule has 7 heteroatoms. The zero-order valence-electron chi connectivity index (χ0n) is 17.7. The molecule has 1 atom stereocenters. The van der Waals surface area contributed by atoms with Crippen molar-refractivity contribution >= 4 is 17.8 Å². The van der Waals surface area contributed by atoms with E-state index in [1.165, 1.54) is 32.3 Å². The van der Waals surface area contributed by atoms with Crippen molar-refractivity contribution in [2.75, 3.05) is 34.5 Å². The van der Waals surface area contributed by atoms with Crippen molar-refractivity contribution in [3.63, 3.8) is 0 Å². The number of carbonyl (C=O) groups excluding carboxylic acids is 2. The molecule has 31 heavy (non-hydrogen) atoms. The Morgan fingerprint density at radius 2 is 1.77 bits per heavy atom. The lowest BCUT2D eigenvalue weighted by molar-refractivity contribution is -0.130. The van der Waals surface area contributed by atoms with Gasteiger partial charge >= 0.3 is 0 Å². The van der Waals surface area contributed by atoms with Gasteiger partial charge in [0.2, 0.25) is 0 Å². The van der Waals surface area contributed by atoms with Crippen LogP contribution in [0.15, 0.2) is 65.9 Å². The number of hydrogen-bond donors (Lipinski definition) is 1. The second kappa shape index (κ2) is 9.95. The maximum Gasteiger partial charge on any atom is 0.290 e. The molecule has 0 aromatic heterocycles. The highest BCUT2D eigenvalue weighted by molar-refractivity contribution is 6.14. The van der Waals surface area contributed by atoms with Crippen LogP contribution in [-0.4, -0.2) is 56.2 Å². The van der Waals surface area contributed by atoms with E-state index < -0.39 is 23.5 Å². The summed E-state index contributed by atoms with van der Waals surface area (Å²) in [4.78, 5) is 27.3. The summed E-state index contributed by atoms with van der Waals surface area (Å²) in [6, 6.07) is 13.7. The van der Waals surface area contributed by atoms with E-state index in [1.54, 1.807) is 24.3 Å². The number of aliphatic hydroxyl groups excluding tert-OH is 1. The van der Waals surface area contributed by atoms with Gasteiger partial charge in [-0.1, -0.05) is 42.5 Å². The first-order valence-electron chi connectivity index (χ1n) is 9.74. The van der Waals surface area contributed by atoms with Crippen LogP contribution in [0.4, 0.5) is 0 Å². The Morgan fingerprint density at radius 1 is 1.06 bits per heavy atom. The van der Waals surface area contributed by atoms with E-state index in [0.29, 0.717) is 17.1 Å². The second-order valence-corrected chi connectivity index (χ2v) is 6.88. The molecule has 0 saturated heterocycles. The number of carbonyl (C=O) groups is 2. The SMILES string of the molecule is COCCN1C(=O)C(O)=C(C(=O)/C=C/c2ccccc2)C1c1ccc(OC)c(OC)c1. The predicted octanol–water partition coefficient (Wildman–Crippen LogP) is 3.33. The number of hydrogen-bond acceptors (Lipinski definition) is 6. The van der Waals surface area contributed by atoms with Crippen molar-refractivity contribution in [1.82, 2.24) is 4.90 Å². The number of methoxy groups -OCH3 is 3. The molecule has 1 unspecified atom stereocenters. The van der Waals surface area contributed by atoms with Crippen LogP contribution in [0, 0.1) is 0 Å². The first-order chi connectivity index (χ1) is 15.0. The Hall–Kier alpha value is -3.58. The monoisotopic (exact) mass is 423 g/mol. The van der Waals surface area contributed by atoms with Crippen LogP contribution >= 0.6 is 0 Å². The number of aliphatic hydroxyl groups is 1. The van der Waals surface area contributed by atoms with Gasteiger partial charge in [0.15, 0.2) is 23.0 Å². The van der Waals surface area contributed by atoms with E-state index in [-0.39, 0.29) is 18.7 Å². The molecule has 7 nitrogen and oxygen atoms in total. The van der Waals surface area contributed by atoms with Gasteiger partial charge in [0.25, 0.3) is 5.91 Å². The summed E-state index contributed by atoms with van der Waals surface area (Å²) in [7, 11) is 4.55. The van der Waals surface area contributed by atoms with Crippen LogP contribution in [-0.2, 0) is 14.3 Å². The molecule has 0 bridgehead atoms. The maximum atomic E-state index is 13.1. The van der Waals surface area contributed by atoms with Crippen molar-refractivity contribution in [1.29, 1.82) is 0 Å². The fraction of sp³-hybridized carbons (Fsp3) is 0.250. The smallest absolute Gasteiger partial charge is 0.290 e. The molecule has 2 aromatic carbocycles. The third kappa shape index (κ3) is 4.62. The van der Waals surface area contributed by atoms with Crippen molar-refractivity contribution in [2.45, 2.75) is 6.04 Å². The number of benzene rings is 2. The summed E-state index contributed by atoms with van der Waals surface area (Å²) >= 11 is 0. The first kappa shape index (κ1) is 22.1. The van der Waals surface area contributed by atoms with Gasteiger partial charge in [0.05, 0.1) is 32.4 Å². The summed E-state index contributed by atoms with van der Waals surface area (Å²) in [6.45, 7) is 0.460. The van der Waals surface area contributed by atoms with Gasteiger partial charge in [0, 0.05) is 13.7 Å². The quantitative estimate of drug-likeness (QED) is 0.623. The topological polar surface area (TPSA) is 85.3 Å². The van der Waals surface area contributed by atoms with Gasteiger partial charge in [-0.25, -0.2) is 0 Å². The largest absolute Gasteiger partial charge is 0.503 e. The molecule has 162 valence electrons. The fourth-order valence-corrected chi connectivity index (χ4v) is 3.52. The Morgan fingerprint density at radius 3 is 2.42 bits per heavy atom. The minimum Gasteiger partial charge on any atom is -0.503 e. The van der Waals surface area contributed by atoms with E-state index in [2.05, 4.69) is 0 Å². The number of rotatable bonds is 9. The van der Waals surface area contributed by atoms with Gasteiger partial charge in [-0.3, -0.25) is 9.59 Å². The average molecular weight is 423 g/mol. The summed E-state index contributed by atoms with van der Waals surface area (Å²) in [5.74, 6) is -0.650. The van der Waals surface area contributed by atoms with Gasteiger partial charge < -0.3 is 24.2 Å². The van der Waals surface area contributed by atoms with Crippen LogP contribution in [0.1, 0.15) is 17.2 Å². The Balaban J connectivity index is 2.03. The number of amides is 1. The highest BCUT2D eigenvalue weighted by atomic mass is 16.5. The highest BCUT2D eigenvalue weighted by Gasteiger charge is 2.42. The van der Waals surface area contributed by atoms with Crippen LogP contribution in [0.5, 0.6) is 11.5 Å². The Bertz CT molecular complexity index is 1010. The number of ether oxygens (including phenoxy) is 3. The van der Waals surface area contributed by atoms with E-state index in [1.807, 2.05) is 30.3 Å². The van der Waals surface area contributed by atoms with Crippen molar-refractivity contribution in [2.24, 2.45) is 0 Å². The van der Waals surface area contributed by atoms with Gasteiger partial charge in [-0.15, -0.1) is 0 Å². The van der Waals surface area contributed by atoms with E-state index in [4.69, 9.17) is 14.2 Å². The lowest BCUT2D eigenvalue weighted by Gasteiger charge is -2.26. The van der Waals surface area contributed by atoms with Crippen molar-refractivity contribution < 1.29 is 28.9 Å². The standard InChI is InChI=1S/C24H25NO6/c1-29-14-13-25-22(17-10-12-19(30-2)20(15-17)31-3)21(23(27)24(25)28)18(26)11-9-16-7-5-4-6-8-16/h4-12,15,22,27H,13-14H2,1-3H3/b11-9+. The van der Waals surface area contributed by atoms with Crippen LogP contribution in [0.3, 0.4) is 0 Å². The molecule has 1 N–H and O–H groups in total. The lowest BCUT2D eigenvalue weighted by Crippen LogP contribution is -2.33. The van der Waals surface area contributed by atoms with Crippen LogP contribution < -0.4 is 9.47 Å². The molecule has 0 radical (unpaired) electrons. The third-order valence-corrected chi connectivity index (χ3v) is 5.06. The number of nitrogens with zero attached hydrogens (tertiary/aromatic N) is 1. The minimum absolute atomic E-state index is 0.0144. The summed E-state index contributed by atoms with van der Waals surface area (Å²) in [5, 5.41) is 10.6. The average Bonchev–Trinajstić information content (AvgIpc) is 3.06. The van der Waals surface area contributed by atoms with Crippen molar-refractivity contribution in [3.8, 4) is 11.5 Å². The molecular weight excluding hydrogens is 398 g/mol. The zero-order chi connectivity index (χ0) is 22.4. The minimum atomic E-state index is -0.782. The molecule has 0 saturated carbocycles. The van der Waals surface area contributed by atoms with Crippen LogP contribution in [0.2, 0.25) is 0 Å². The van der Waals surface area contributed by atoms with Gasteiger partial charge in [-0.2, -0.15) is 0 Å². The summed E-state index contributed by atoms with van der Waals surface area (Å²) < 4.78 is 15.8. The molecule has 1 aliphatic heterocycles. The summed E-state index contributed by atoms with van der Waals surface area (Å²) in [6.07, 6.45) is 3.01. The normalized spacial score (nSPS) is 16.3. The third-order valence-electron chi connectivity index (χ3n) is 5.06. The van der Waals surface area contributed by atoms with Gasteiger partial charge in [0.1, 0.15) is 0 Å². The molecule has 0 aliphatic carbocycles. The molecule has 3 rings (SSSR count). The molecule has 1 aliphatic rings. The van der Waals surface area contributed by atoms with E-state index >= 15 is 0 Å². The van der Waals surface area contributed by atoms with Crippen molar-refractivity contribution in [3.05, 3.63) is 77.1 Å². The molecule has 1 heterocycles.